The van der Waals surface area contributed by atoms with Crippen molar-refractivity contribution in [3.8, 4) is 0 Å². The first-order valence-electron chi connectivity index (χ1n) is 6.00. The molecule has 1 amide bonds. The topological polar surface area (TPSA) is 55.1 Å². The van der Waals surface area contributed by atoms with Crippen LogP contribution in [0.2, 0.25) is 0 Å². The number of amides is 1. The quantitative estimate of drug-likeness (QED) is 0.910. The smallest absolute Gasteiger partial charge is 0.251 e. The van der Waals surface area contributed by atoms with Crippen molar-refractivity contribution in [2.24, 2.45) is 5.73 Å². The van der Waals surface area contributed by atoms with Gasteiger partial charge in [0.2, 0.25) is 0 Å². The molecule has 0 fully saturated rings. The molecule has 3 N–H and O–H groups in total. The van der Waals surface area contributed by atoms with Crippen LogP contribution in [0.4, 0.5) is 0 Å². The number of nitrogens with one attached hydrogen (secondary N) is 1. The molecule has 0 saturated carbocycles. The summed E-state index contributed by atoms with van der Waals surface area (Å²) in [5.41, 5.74) is 8.35. The Balaban J connectivity index is 1.98. The van der Waals surface area contributed by atoms with E-state index in [0.29, 0.717) is 18.7 Å². The van der Waals surface area contributed by atoms with E-state index in [-0.39, 0.29) is 5.91 Å². The second kappa shape index (κ2) is 6.50. The Morgan fingerprint density at radius 3 is 2.47 bits per heavy atom. The zero-order chi connectivity index (χ0) is 13.7. The predicted molar refractivity (Wildman–Crippen MR) is 79.6 cm³/mol. The fourth-order valence-electron chi connectivity index (χ4n) is 1.75. The molecular weight excluding hydrogens is 304 g/mol. The van der Waals surface area contributed by atoms with E-state index in [1.807, 2.05) is 36.4 Å². The summed E-state index contributed by atoms with van der Waals surface area (Å²) in [7, 11) is 0. The first-order chi connectivity index (χ1) is 9.19. The number of carbonyl (C=O) groups is 1. The number of halogens is 1. The first-order valence-corrected chi connectivity index (χ1v) is 6.80. The predicted octanol–water partition coefficient (Wildman–Crippen LogP) is 2.84. The number of benzene rings is 2. The average molecular weight is 319 g/mol. The van der Waals surface area contributed by atoms with Gasteiger partial charge in [0.05, 0.1) is 0 Å². The van der Waals surface area contributed by atoms with Crippen LogP contribution in [0, 0.1) is 0 Å². The van der Waals surface area contributed by atoms with E-state index in [9.17, 15) is 4.79 Å². The minimum absolute atomic E-state index is 0.0781. The van der Waals surface area contributed by atoms with E-state index in [1.165, 1.54) is 0 Å². The third kappa shape index (κ3) is 3.91. The first kappa shape index (κ1) is 13.8. The van der Waals surface area contributed by atoms with Gasteiger partial charge in [-0.15, -0.1) is 0 Å². The van der Waals surface area contributed by atoms with Crippen LogP contribution < -0.4 is 11.1 Å². The molecule has 2 aromatic carbocycles. The largest absolute Gasteiger partial charge is 0.348 e. The summed E-state index contributed by atoms with van der Waals surface area (Å²) in [6, 6.07) is 15.2. The lowest BCUT2D eigenvalue weighted by Crippen LogP contribution is -2.22. The Hall–Kier alpha value is -1.65. The maximum absolute atomic E-state index is 11.9. The molecular formula is C15H15BrN2O. The summed E-state index contributed by atoms with van der Waals surface area (Å²) < 4.78 is 0.958. The summed E-state index contributed by atoms with van der Waals surface area (Å²) in [6.07, 6.45) is 0. The molecule has 0 spiro atoms. The molecule has 0 aromatic heterocycles. The summed E-state index contributed by atoms with van der Waals surface area (Å²) in [4.78, 5) is 11.9. The molecule has 0 aliphatic heterocycles. The van der Waals surface area contributed by atoms with Gasteiger partial charge in [-0.2, -0.15) is 0 Å². The van der Waals surface area contributed by atoms with Crippen molar-refractivity contribution < 1.29 is 4.79 Å². The van der Waals surface area contributed by atoms with Crippen molar-refractivity contribution in [1.82, 2.24) is 5.32 Å². The summed E-state index contributed by atoms with van der Waals surface area (Å²) in [5, 5.41) is 2.89. The average Bonchev–Trinajstić information content (AvgIpc) is 2.46. The molecule has 0 radical (unpaired) electrons. The van der Waals surface area contributed by atoms with Gasteiger partial charge in [-0.25, -0.2) is 0 Å². The summed E-state index contributed by atoms with van der Waals surface area (Å²) in [5.74, 6) is -0.0781. The van der Waals surface area contributed by atoms with Crippen LogP contribution in [0.15, 0.2) is 53.0 Å². The maximum Gasteiger partial charge on any atom is 0.251 e. The van der Waals surface area contributed by atoms with Crippen LogP contribution in [-0.4, -0.2) is 5.91 Å². The molecule has 0 unspecified atom stereocenters. The SMILES string of the molecule is NCc1cccc(CNC(=O)c2ccc(Br)cc2)c1. The van der Waals surface area contributed by atoms with E-state index in [0.717, 1.165) is 15.6 Å². The number of rotatable bonds is 4. The lowest BCUT2D eigenvalue weighted by molar-refractivity contribution is 0.0951. The van der Waals surface area contributed by atoms with E-state index < -0.39 is 0 Å². The van der Waals surface area contributed by atoms with Gasteiger partial charge in [0.25, 0.3) is 5.91 Å². The third-order valence-corrected chi connectivity index (χ3v) is 3.32. The second-order valence-electron chi connectivity index (χ2n) is 4.21. The van der Waals surface area contributed by atoms with Crippen molar-refractivity contribution in [3.63, 3.8) is 0 Å². The van der Waals surface area contributed by atoms with Crippen molar-refractivity contribution in [2.75, 3.05) is 0 Å². The molecule has 0 atom stereocenters. The van der Waals surface area contributed by atoms with Crippen LogP contribution in [0.5, 0.6) is 0 Å². The molecule has 0 saturated heterocycles. The van der Waals surface area contributed by atoms with Crippen molar-refractivity contribution in [2.45, 2.75) is 13.1 Å². The highest BCUT2D eigenvalue weighted by Gasteiger charge is 2.04. The van der Waals surface area contributed by atoms with Crippen LogP contribution >= 0.6 is 15.9 Å². The normalized spacial score (nSPS) is 10.2. The number of nitrogens with two attached hydrogens (primary N) is 1. The summed E-state index contributed by atoms with van der Waals surface area (Å²) in [6.45, 7) is 1.01. The van der Waals surface area contributed by atoms with E-state index >= 15 is 0 Å². The third-order valence-electron chi connectivity index (χ3n) is 2.79. The number of carbonyl (C=O) groups excluding carboxylic acids is 1. The van der Waals surface area contributed by atoms with Gasteiger partial charge >= 0.3 is 0 Å². The Labute approximate surface area is 121 Å². The minimum atomic E-state index is -0.0781. The molecule has 3 nitrogen and oxygen atoms in total. The monoisotopic (exact) mass is 318 g/mol. The highest BCUT2D eigenvalue weighted by atomic mass is 79.9. The lowest BCUT2D eigenvalue weighted by Gasteiger charge is -2.07. The zero-order valence-corrected chi connectivity index (χ0v) is 12.0. The number of hydrogen-bond donors (Lipinski definition) is 2. The van der Waals surface area contributed by atoms with Crippen LogP contribution in [0.25, 0.3) is 0 Å². The molecule has 0 aliphatic carbocycles. The standard InChI is InChI=1S/C15H15BrN2O/c16-14-6-4-13(5-7-14)15(19)18-10-12-3-1-2-11(8-12)9-17/h1-8H,9-10,17H2,(H,18,19). The summed E-state index contributed by atoms with van der Waals surface area (Å²) >= 11 is 3.34. The van der Waals surface area contributed by atoms with Gasteiger partial charge in [-0.3, -0.25) is 4.79 Å². The van der Waals surface area contributed by atoms with Gasteiger partial charge < -0.3 is 11.1 Å². The Kier molecular flexibility index (Phi) is 4.71. The van der Waals surface area contributed by atoms with Gasteiger partial charge in [-0.1, -0.05) is 40.2 Å². The van der Waals surface area contributed by atoms with E-state index in [4.69, 9.17) is 5.73 Å². The van der Waals surface area contributed by atoms with Crippen molar-refractivity contribution >= 4 is 21.8 Å². The van der Waals surface area contributed by atoms with Crippen molar-refractivity contribution in [3.05, 3.63) is 69.7 Å². The van der Waals surface area contributed by atoms with Crippen LogP contribution in [0.1, 0.15) is 21.5 Å². The van der Waals surface area contributed by atoms with Gasteiger partial charge in [0.1, 0.15) is 0 Å². The lowest BCUT2D eigenvalue weighted by atomic mass is 10.1. The molecule has 0 aliphatic rings. The molecule has 0 bridgehead atoms. The van der Waals surface area contributed by atoms with Crippen LogP contribution in [0.3, 0.4) is 0 Å². The fourth-order valence-corrected chi connectivity index (χ4v) is 2.02. The fraction of sp³-hybridized carbons (Fsp3) is 0.133. The zero-order valence-electron chi connectivity index (χ0n) is 10.4. The van der Waals surface area contributed by atoms with Gasteiger partial charge in [0.15, 0.2) is 0 Å². The Morgan fingerprint density at radius 2 is 1.79 bits per heavy atom. The minimum Gasteiger partial charge on any atom is -0.348 e. The molecule has 2 aromatic rings. The molecule has 0 heterocycles. The van der Waals surface area contributed by atoms with Gasteiger partial charge in [-0.05, 0) is 35.4 Å². The molecule has 98 valence electrons. The van der Waals surface area contributed by atoms with E-state index in [2.05, 4.69) is 21.2 Å². The van der Waals surface area contributed by atoms with E-state index in [1.54, 1.807) is 12.1 Å². The highest BCUT2D eigenvalue weighted by Crippen LogP contribution is 2.11. The van der Waals surface area contributed by atoms with Crippen LogP contribution in [-0.2, 0) is 13.1 Å². The number of hydrogen-bond acceptors (Lipinski definition) is 2. The highest BCUT2D eigenvalue weighted by molar-refractivity contribution is 9.10. The molecule has 19 heavy (non-hydrogen) atoms. The Morgan fingerprint density at radius 1 is 1.11 bits per heavy atom. The van der Waals surface area contributed by atoms with Gasteiger partial charge in [0, 0.05) is 23.1 Å². The molecule has 4 heteroatoms. The second-order valence-corrected chi connectivity index (χ2v) is 5.13. The molecule has 2 rings (SSSR count). The Bertz CT molecular complexity index is 567. The van der Waals surface area contributed by atoms with Crippen molar-refractivity contribution in [1.29, 1.82) is 0 Å². The maximum atomic E-state index is 11.9.